The maximum atomic E-state index is 8.88. The van der Waals surface area contributed by atoms with E-state index < -0.39 is 0 Å². The zero-order chi connectivity index (χ0) is 15.2. The standard InChI is InChI=1S/C14H24N6O/c1-3-12-13(15)14(18-19(12)2)16-7-5-11-6-8-17-20(11)9-4-10-21/h6,8,21H,3-5,7,9-10,15H2,1-2H3,(H,16,18). The largest absolute Gasteiger partial charge is 0.396 e. The monoisotopic (exact) mass is 292 g/mol. The summed E-state index contributed by atoms with van der Waals surface area (Å²) in [4.78, 5) is 0. The topological polar surface area (TPSA) is 93.9 Å². The van der Waals surface area contributed by atoms with Crippen molar-refractivity contribution >= 4 is 11.5 Å². The Morgan fingerprint density at radius 1 is 1.43 bits per heavy atom. The number of aliphatic hydroxyl groups excluding tert-OH is 1. The Morgan fingerprint density at radius 2 is 2.24 bits per heavy atom. The Bertz CT molecular complexity index is 574. The van der Waals surface area contributed by atoms with E-state index in [1.807, 2.05) is 22.5 Å². The van der Waals surface area contributed by atoms with Gasteiger partial charge in [-0.2, -0.15) is 10.2 Å². The molecule has 0 bridgehead atoms. The molecule has 2 rings (SSSR count). The van der Waals surface area contributed by atoms with Gasteiger partial charge in [0.15, 0.2) is 5.82 Å². The van der Waals surface area contributed by atoms with Crippen LogP contribution in [0.25, 0.3) is 0 Å². The molecule has 0 amide bonds. The number of nitrogens with zero attached hydrogens (tertiary/aromatic N) is 4. The fourth-order valence-electron chi connectivity index (χ4n) is 2.43. The highest BCUT2D eigenvalue weighted by molar-refractivity contribution is 5.64. The highest BCUT2D eigenvalue weighted by Gasteiger charge is 2.11. The van der Waals surface area contributed by atoms with Gasteiger partial charge in [0.05, 0.1) is 11.4 Å². The van der Waals surface area contributed by atoms with Crippen molar-refractivity contribution in [2.45, 2.75) is 32.7 Å². The number of anilines is 2. The summed E-state index contributed by atoms with van der Waals surface area (Å²) in [5, 5.41) is 20.8. The molecular formula is C14H24N6O. The first kappa shape index (κ1) is 15.4. The van der Waals surface area contributed by atoms with E-state index in [-0.39, 0.29) is 6.61 Å². The molecule has 0 fully saturated rings. The third-order valence-electron chi connectivity index (χ3n) is 3.55. The Morgan fingerprint density at radius 3 is 2.90 bits per heavy atom. The van der Waals surface area contributed by atoms with Gasteiger partial charge < -0.3 is 16.2 Å². The minimum absolute atomic E-state index is 0.182. The lowest BCUT2D eigenvalue weighted by atomic mass is 10.2. The van der Waals surface area contributed by atoms with E-state index in [1.54, 1.807) is 6.20 Å². The summed E-state index contributed by atoms with van der Waals surface area (Å²) in [6.07, 6.45) is 4.21. The van der Waals surface area contributed by atoms with Crippen molar-refractivity contribution in [2.75, 3.05) is 24.2 Å². The quantitative estimate of drug-likeness (QED) is 0.669. The summed E-state index contributed by atoms with van der Waals surface area (Å²) in [7, 11) is 1.91. The Balaban J connectivity index is 1.91. The molecule has 2 aromatic heterocycles. The van der Waals surface area contributed by atoms with Crippen molar-refractivity contribution in [2.24, 2.45) is 7.05 Å². The van der Waals surface area contributed by atoms with E-state index in [0.29, 0.717) is 0 Å². The maximum Gasteiger partial charge on any atom is 0.171 e. The van der Waals surface area contributed by atoms with E-state index >= 15 is 0 Å². The first-order chi connectivity index (χ1) is 10.2. The average Bonchev–Trinajstić information content (AvgIpc) is 3.02. The van der Waals surface area contributed by atoms with Crippen molar-refractivity contribution in [3.05, 3.63) is 23.7 Å². The fourth-order valence-corrected chi connectivity index (χ4v) is 2.43. The van der Waals surface area contributed by atoms with E-state index in [9.17, 15) is 0 Å². The maximum absolute atomic E-state index is 8.88. The Labute approximate surface area is 124 Å². The van der Waals surface area contributed by atoms with Crippen LogP contribution in [-0.2, 0) is 26.4 Å². The molecule has 7 heteroatoms. The van der Waals surface area contributed by atoms with Gasteiger partial charge in [0, 0.05) is 45.1 Å². The number of nitrogens with two attached hydrogens (primary N) is 1. The smallest absolute Gasteiger partial charge is 0.171 e. The van der Waals surface area contributed by atoms with Gasteiger partial charge in [0.2, 0.25) is 0 Å². The van der Waals surface area contributed by atoms with Gasteiger partial charge in [-0.15, -0.1) is 0 Å². The fraction of sp³-hybridized carbons (Fsp3) is 0.571. The Hall–Kier alpha value is -2.02. The zero-order valence-corrected chi connectivity index (χ0v) is 12.7. The summed E-state index contributed by atoms with van der Waals surface area (Å²) in [6.45, 7) is 3.73. The lowest BCUT2D eigenvalue weighted by molar-refractivity contribution is 0.276. The molecule has 0 aromatic carbocycles. The Kier molecular flexibility index (Phi) is 5.21. The molecule has 0 atom stereocenters. The lowest BCUT2D eigenvalue weighted by Gasteiger charge is -2.07. The first-order valence-corrected chi connectivity index (χ1v) is 7.34. The molecule has 0 spiro atoms. The van der Waals surface area contributed by atoms with E-state index in [2.05, 4.69) is 22.4 Å². The van der Waals surface area contributed by atoms with Crippen LogP contribution in [0, 0.1) is 0 Å². The molecule has 116 valence electrons. The van der Waals surface area contributed by atoms with Crippen LogP contribution in [0.3, 0.4) is 0 Å². The van der Waals surface area contributed by atoms with Gasteiger partial charge in [-0.1, -0.05) is 6.92 Å². The van der Waals surface area contributed by atoms with Gasteiger partial charge in [-0.3, -0.25) is 9.36 Å². The third-order valence-corrected chi connectivity index (χ3v) is 3.55. The molecule has 0 unspecified atom stereocenters. The second-order valence-electron chi connectivity index (χ2n) is 4.99. The van der Waals surface area contributed by atoms with Gasteiger partial charge in [-0.25, -0.2) is 0 Å². The normalized spacial score (nSPS) is 11.0. The third kappa shape index (κ3) is 3.55. The molecule has 0 aliphatic carbocycles. The van der Waals surface area contributed by atoms with Crippen LogP contribution in [0.5, 0.6) is 0 Å². The van der Waals surface area contributed by atoms with Crippen molar-refractivity contribution in [1.29, 1.82) is 0 Å². The van der Waals surface area contributed by atoms with Crippen LogP contribution in [0.2, 0.25) is 0 Å². The van der Waals surface area contributed by atoms with Crippen LogP contribution < -0.4 is 11.1 Å². The van der Waals surface area contributed by atoms with Crippen LogP contribution >= 0.6 is 0 Å². The minimum Gasteiger partial charge on any atom is -0.396 e. The summed E-state index contributed by atoms with van der Waals surface area (Å²) in [5.74, 6) is 0.746. The highest BCUT2D eigenvalue weighted by Crippen LogP contribution is 2.21. The van der Waals surface area contributed by atoms with Crippen molar-refractivity contribution < 1.29 is 5.11 Å². The van der Waals surface area contributed by atoms with E-state index in [4.69, 9.17) is 10.8 Å². The molecule has 0 saturated carbocycles. The van der Waals surface area contributed by atoms with Crippen LogP contribution in [-0.4, -0.2) is 37.8 Å². The lowest BCUT2D eigenvalue weighted by Crippen LogP contribution is -2.12. The number of rotatable bonds is 8. The zero-order valence-electron chi connectivity index (χ0n) is 12.7. The summed E-state index contributed by atoms with van der Waals surface area (Å²) in [5.41, 5.74) is 9.00. The van der Waals surface area contributed by atoms with Gasteiger partial charge >= 0.3 is 0 Å². The van der Waals surface area contributed by atoms with Gasteiger partial charge in [0.25, 0.3) is 0 Å². The van der Waals surface area contributed by atoms with Crippen molar-refractivity contribution in [1.82, 2.24) is 19.6 Å². The van der Waals surface area contributed by atoms with Crippen molar-refractivity contribution in [3.63, 3.8) is 0 Å². The molecule has 0 saturated heterocycles. The van der Waals surface area contributed by atoms with E-state index in [0.717, 1.165) is 55.2 Å². The summed E-state index contributed by atoms with van der Waals surface area (Å²) >= 11 is 0. The average molecular weight is 292 g/mol. The number of hydrogen-bond acceptors (Lipinski definition) is 5. The molecule has 0 aliphatic heterocycles. The molecule has 21 heavy (non-hydrogen) atoms. The number of aromatic nitrogens is 4. The van der Waals surface area contributed by atoms with Crippen LogP contribution in [0.15, 0.2) is 12.3 Å². The molecule has 0 radical (unpaired) electrons. The summed E-state index contributed by atoms with van der Waals surface area (Å²) < 4.78 is 3.75. The van der Waals surface area contributed by atoms with Crippen LogP contribution in [0.4, 0.5) is 11.5 Å². The minimum atomic E-state index is 0.182. The molecule has 7 nitrogen and oxygen atoms in total. The molecule has 4 N–H and O–H groups in total. The summed E-state index contributed by atoms with van der Waals surface area (Å²) in [6, 6.07) is 2.00. The number of nitrogens with one attached hydrogen (secondary N) is 1. The number of hydrogen-bond donors (Lipinski definition) is 3. The molecule has 0 aliphatic rings. The highest BCUT2D eigenvalue weighted by atomic mass is 16.3. The number of aliphatic hydroxyl groups is 1. The number of nitrogen functional groups attached to an aromatic ring is 1. The van der Waals surface area contributed by atoms with E-state index in [1.165, 1.54) is 0 Å². The second kappa shape index (κ2) is 7.12. The van der Waals surface area contributed by atoms with Crippen LogP contribution in [0.1, 0.15) is 24.7 Å². The predicted molar refractivity (Wildman–Crippen MR) is 83.1 cm³/mol. The molecular weight excluding hydrogens is 268 g/mol. The second-order valence-corrected chi connectivity index (χ2v) is 4.99. The number of aryl methyl sites for hydroxylation is 2. The van der Waals surface area contributed by atoms with Gasteiger partial charge in [0.1, 0.15) is 0 Å². The predicted octanol–water partition coefficient (Wildman–Crippen LogP) is 0.798. The molecule has 2 aromatic rings. The SMILES string of the molecule is CCc1c(N)c(NCCc2ccnn2CCCO)nn1C. The first-order valence-electron chi connectivity index (χ1n) is 7.34. The van der Waals surface area contributed by atoms with Crippen molar-refractivity contribution in [3.8, 4) is 0 Å². The molecule has 2 heterocycles. The van der Waals surface area contributed by atoms with Gasteiger partial charge in [-0.05, 0) is 18.9 Å².